The molecule has 0 aromatic heterocycles. The lowest BCUT2D eigenvalue weighted by Gasteiger charge is -2.19. The number of hydrogen-bond donors (Lipinski definition) is 3. The number of aliphatic hydroxyl groups excluding tert-OH is 1. The Morgan fingerprint density at radius 3 is 2.44 bits per heavy atom. The Labute approximate surface area is 112 Å². The molecule has 1 unspecified atom stereocenters. The molecule has 5 heteroatoms. The molecule has 0 radical (unpaired) electrons. The summed E-state index contributed by atoms with van der Waals surface area (Å²) in [5, 5.41) is 15.5. The van der Waals surface area contributed by atoms with E-state index in [0.29, 0.717) is 10.7 Å². The van der Waals surface area contributed by atoms with Crippen molar-refractivity contribution in [2.45, 2.75) is 19.9 Å². The zero-order valence-electron chi connectivity index (χ0n) is 10.6. The van der Waals surface area contributed by atoms with Crippen molar-refractivity contribution >= 4 is 23.2 Å². The summed E-state index contributed by atoms with van der Waals surface area (Å²) in [6, 6.07) is 6.85. The molecule has 1 aromatic carbocycles. The summed E-state index contributed by atoms with van der Waals surface area (Å²) in [6.07, 6.45) is 0. The number of carbonyl (C=O) groups excluding carboxylic acids is 1. The van der Waals surface area contributed by atoms with E-state index >= 15 is 0 Å². The number of hydrogen-bond acceptors (Lipinski definition) is 3. The molecule has 0 aliphatic rings. The van der Waals surface area contributed by atoms with E-state index in [2.05, 4.69) is 10.6 Å². The van der Waals surface area contributed by atoms with E-state index in [4.69, 9.17) is 16.7 Å². The molecule has 0 aliphatic heterocycles. The first-order valence-electron chi connectivity index (χ1n) is 5.92. The maximum absolute atomic E-state index is 11.7. The van der Waals surface area contributed by atoms with Crippen LogP contribution >= 0.6 is 11.6 Å². The number of halogens is 1. The van der Waals surface area contributed by atoms with Crippen LogP contribution in [0.4, 0.5) is 5.69 Å². The van der Waals surface area contributed by atoms with Gasteiger partial charge in [-0.1, -0.05) is 25.4 Å². The molecule has 0 spiro atoms. The Morgan fingerprint density at radius 1 is 1.33 bits per heavy atom. The zero-order chi connectivity index (χ0) is 13.5. The van der Waals surface area contributed by atoms with E-state index < -0.39 is 0 Å². The minimum atomic E-state index is -0.142. The van der Waals surface area contributed by atoms with Crippen LogP contribution in [-0.4, -0.2) is 30.2 Å². The van der Waals surface area contributed by atoms with Gasteiger partial charge in [0.15, 0.2) is 0 Å². The molecule has 1 amide bonds. The van der Waals surface area contributed by atoms with Crippen molar-refractivity contribution in [1.82, 2.24) is 5.32 Å². The van der Waals surface area contributed by atoms with E-state index in [1.54, 1.807) is 24.3 Å². The lowest BCUT2D eigenvalue weighted by Crippen LogP contribution is -2.41. The van der Waals surface area contributed by atoms with Crippen LogP contribution in [0, 0.1) is 5.92 Å². The zero-order valence-corrected chi connectivity index (χ0v) is 11.4. The van der Waals surface area contributed by atoms with Crippen LogP contribution in [0.1, 0.15) is 13.8 Å². The van der Waals surface area contributed by atoms with Crippen molar-refractivity contribution in [3.05, 3.63) is 29.3 Å². The van der Waals surface area contributed by atoms with Gasteiger partial charge in [0.25, 0.3) is 0 Å². The van der Waals surface area contributed by atoms with Crippen molar-refractivity contribution in [2.75, 3.05) is 18.5 Å². The van der Waals surface area contributed by atoms with Crippen LogP contribution in [0.3, 0.4) is 0 Å². The number of benzene rings is 1. The monoisotopic (exact) mass is 270 g/mol. The number of carbonyl (C=O) groups is 1. The predicted molar refractivity (Wildman–Crippen MR) is 73.8 cm³/mol. The Morgan fingerprint density at radius 2 is 1.94 bits per heavy atom. The molecule has 4 nitrogen and oxygen atoms in total. The summed E-state index contributed by atoms with van der Waals surface area (Å²) >= 11 is 5.75. The molecule has 0 fully saturated rings. The van der Waals surface area contributed by atoms with Gasteiger partial charge in [-0.2, -0.15) is 0 Å². The number of aliphatic hydroxyl groups is 1. The molecule has 1 rings (SSSR count). The van der Waals surface area contributed by atoms with Gasteiger partial charge in [0.05, 0.1) is 13.2 Å². The van der Waals surface area contributed by atoms with Gasteiger partial charge in [-0.25, -0.2) is 0 Å². The van der Waals surface area contributed by atoms with Gasteiger partial charge in [0.2, 0.25) is 5.91 Å². The van der Waals surface area contributed by atoms with Gasteiger partial charge in [-0.05, 0) is 30.2 Å². The minimum Gasteiger partial charge on any atom is -0.395 e. The highest BCUT2D eigenvalue weighted by atomic mass is 35.5. The van der Waals surface area contributed by atoms with Gasteiger partial charge >= 0.3 is 0 Å². The quantitative estimate of drug-likeness (QED) is 0.740. The Kier molecular flexibility index (Phi) is 6.12. The number of rotatable bonds is 6. The van der Waals surface area contributed by atoms with Gasteiger partial charge < -0.3 is 15.7 Å². The summed E-state index contributed by atoms with van der Waals surface area (Å²) in [6.45, 7) is 4.17. The highest BCUT2D eigenvalue weighted by Crippen LogP contribution is 2.13. The second-order valence-corrected chi connectivity index (χ2v) is 4.91. The lowest BCUT2D eigenvalue weighted by atomic mass is 10.1. The first-order chi connectivity index (χ1) is 8.52. The fourth-order valence-electron chi connectivity index (χ4n) is 1.47. The molecule has 18 heavy (non-hydrogen) atoms. The van der Waals surface area contributed by atoms with Crippen LogP contribution in [0.2, 0.25) is 5.02 Å². The summed E-state index contributed by atoms with van der Waals surface area (Å²) in [5.41, 5.74) is 0.705. The first-order valence-corrected chi connectivity index (χ1v) is 6.30. The van der Waals surface area contributed by atoms with Crippen LogP contribution < -0.4 is 10.6 Å². The second kappa shape index (κ2) is 7.36. The van der Waals surface area contributed by atoms with Crippen molar-refractivity contribution < 1.29 is 9.90 Å². The summed E-state index contributed by atoms with van der Waals surface area (Å²) < 4.78 is 0. The standard InChI is InChI=1S/C13H19ClN2O2/c1-9(2)12(8-17)15-7-13(18)16-11-5-3-10(14)4-6-11/h3-6,9,12,15,17H,7-8H2,1-2H3,(H,16,18). The van der Waals surface area contributed by atoms with E-state index in [-0.39, 0.29) is 31.0 Å². The van der Waals surface area contributed by atoms with Gasteiger partial charge in [-0.15, -0.1) is 0 Å². The number of nitrogens with one attached hydrogen (secondary N) is 2. The Balaban J connectivity index is 2.40. The maximum atomic E-state index is 11.7. The van der Waals surface area contributed by atoms with Gasteiger partial charge in [0.1, 0.15) is 0 Å². The SMILES string of the molecule is CC(C)C(CO)NCC(=O)Nc1ccc(Cl)cc1. The molecule has 0 aliphatic carbocycles. The molecular weight excluding hydrogens is 252 g/mol. The highest BCUT2D eigenvalue weighted by molar-refractivity contribution is 6.30. The van der Waals surface area contributed by atoms with E-state index in [9.17, 15) is 4.79 Å². The third-order valence-electron chi connectivity index (χ3n) is 2.65. The van der Waals surface area contributed by atoms with Crippen molar-refractivity contribution in [1.29, 1.82) is 0 Å². The molecular formula is C13H19ClN2O2. The van der Waals surface area contributed by atoms with E-state index in [1.165, 1.54) is 0 Å². The number of amides is 1. The normalized spacial score (nSPS) is 12.5. The second-order valence-electron chi connectivity index (χ2n) is 4.47. The fraction of sp³-hybridized carbons (Fsp3) is 0.462. The maximum Gasteiger partial charge on any atom is 0.238 e. The average Bonchev–Trinajstić information content (AvgIpc) is 2.32. The third-order valence-corrected chi connectivity index (χ3v) is 2.91. The van der Waals surface area contributed by atoms with E-state index in [0.717, 1.165) is 0 Å². The summed E-state index contributed by atoms with van der Waals surface area (Å²) in [7, 11) is 0. The molecule has 100 valence electrons. The minimum absolute atomic E-state index is 0.0197. The van der Waals surface area contributed by atoms with Gasteiger partial charge in [0, 0.05) is 16.8 Å². The van der Waals surface area contributed by atoms with Crippen LogP contribution in [0.15, 0.2) is 24.3 Å². The molecule has 1 aromatic rings. The highest BCUT2D eigenvalue weighted by Gasteiger charge is 2.12. The topological polar surface area (TPSA) is 61.4 Å². The molecule has 0 bridgehead atoms. The molecule has 0 heterocycles. The van der Waals surface area contributed by atoms with Crippen molar-refractivity contribution in [3.8, 4) is 0 Å². The first kappa shape index (κ1) is 15.0. The van der Waals surface area contributed by atoms with Gasteiger partial charge in [-0.3, -0.25) is 4.79 Å². The molecule has 1 atom stereocenters. The largest absolute Gasteiger partial charge is 0.395 e. The Hall–Kier alpha value is -1.10. The van der Waals surface area contributed by atoms with Crippen molar-refractivity contribution in [2.24, 2.45) is 5.92 Å². The smallest absolute Gasteiger partial charge is 0.238 e. The summed E-state index contributed by atoms with van der Waals surface area (Å²) in [4.78, 5) is 11.7. The molecule has 0 saturated carbocycles. The van der Waals surface area contributed by atoms with E-state index in [1.807, 2.05) is 13.8 Å². The fourth-order valence-corrected chi connectivity index (χ4v) is 1.60. The third kappa shape index (κ3) is 5.04. The van der Waals surface area contributed by atoms with Crippen molar-refractivity contribution in [3.63, 3.8) is 0 Å². The molecule has 3 N–H and O–H groups in total. The number of anilines is 1. The Bertz CT molecular complexity index is 379. The lowest BCUT2D eigenvalue weighted by molar-refractivity contribution is -0.115. The van der Waals surface area contributed by atoms with Crippen LogP contribution in [-0.2, 0) is 4.79 Å². The predicted octanol–water partition coefficient (Wildman–Crippen LogP) is 1.88. The summed E-state index contributed by atoms with van der Waals surface area (Å²) in [5.74, 6) is 0.134. The molecule has 0 saturated heterocycles. The van der Waals surface area contributed by atoms with Crippen LogP contribution in [0.25, 0.3) is 0 Å². The van der Waals surface area contributed by atoms with Crippen LogP contribution in [0.5, 0.6) is 0 Å². The average molecular weight is 271 g/mol.